The Hall–Kier alpha value is -3.25. The second-order valence-corrected chi connectivity index (χ2v) is 6.38. The average molecular weight is 418 g/mol. The summed E-state index contributed by atoms with van der Waals surface area (Å²) in [6, 6.07) is 0. The predicted molar refractivity (Wildman–Crippen MR) is 82.5 cm³/mol. The summed E-state index contributed by atoms with van der Waals surface area (Å²) < 4.78 is 0. The molecule has 1 aromatic rings. The molecule has 0 saturated carbocycles. The topological polar surface area (TPSA) is 301 Å². The molecular formula is C13H14N4O12. The van der Waals surface area contributed by atoms with E-state index in [0.29, 0.717) is 0 Å². The maximum Gasteiger partial charge on any atom is 0.306 e. The van der Waals surface area contributed by atoms with Crippen molar-refractivity contribution in [3.05, 3.63) is 11.1 Å². The number of aliphatic hydroxyl groups is 6. The van der Waals surface area contributed by atoms with E-state index >= 15 is 0 Å². The number of imide groups is 1. The first-order valence-corrected chi connectivity index (χ1v) is 7.37. The zero-order chi connectivity index (χ0) is 22.5. The summed E-state index contributed by atoms with van der Waals surface area (Å²) in [7, 11) is 0. The molecule has 0 radical (unpaired) electrons. The van der Waals surface area contributed by atoms with Gasteiger partial charge in [-0.05, 0) is 0 Å². The van der Waals surface area contributed by atoms with E-state index in [1.807, 2.05) is 0 Å². The minimum atomic E-state index is -4.61. The molecule has 0 aromatic heterocycles. The Morgan fingerprint density at radius 2 is 1.34 bits per heavy atom. The standard InChI is InChI=1S/C13H14N4O12/c14-3-2-1(4(18)6(20)5(3)19)7(21)17(12(2,15)27)10(24)8(22)16-9(23)11(25,26)13(10,28)29/h18-20,24-29H,14-15H2,(H,16,22,23). The largest absolute Gasteiger partial charge is 0.504 e. The Bertz CT molecular complexity index is 1000. The summed E-state index contributed by atoms with van der Waals surface area (Å²) in [5.74, 6) is -22.8. The Labute approximate surface area is 158 Å². The van der Waals surface area contributed by atoms with E-state index < -0.39 is 79.8 Å². The van der Waals surface area contributed by atoms with Gasteiger partial charge in [-0.15, -0.1) is 0 Å². The normalized spacial score (nSPS) is 30.3. The van der Waals surface area contributed by atoms with Gasteiger partial charge in [-0.25, -0.2) is 0 Å². The fourth-order valence-corrected chi connectivity index (χ4v) is 3.19. The summed E-state index contributed by atoms with van der Waals surface area (Å²) in [6.07, 6.45) is 0. The molecule has 16 nitrogen and oxygen atoms in total. The van der Waals surface area contributed by atoms with Crippen molar-refractivity contribution in [2.24, 2.45) is 5.73 Å². The van der Waals surface area contributed by atoms with Crippen LogP contribution in [-0.2, 0) is 15.4 Å². The van der Waals surface area contributed by atoms with Gasteiger partial charge in [0.2, 0.25) is 11.6 Å². The van der Waals surface area contributed by atoms with E-state index in [2.05, 4.69) is 0 Å². The third-order valence-electron chi connectivity index (χ3n) is 4.74. The quantitative estimate of drug-likeness (QED) is 0.0663. The molecule has 1 aromatic carbocycles. The number of hydrogen-bond acceptors (Lipinski definition) is 14. The van der Waals surface area contributed by atoms with Gasteiger partial charge >= 0.3 is 5.79 Å². The summed E-state index contributed by atoms with van der Waals surface area (Å²) in [5, 5.41) is 91.1. The van der Waals surface area contributed by atoms with Crippen LogP contribution in [0.25, 0.3) is 0 Å². The van der Waals surface area contributed by atoms with E-state index in [4.69, 9.17) is 11.5 Å². The molecule has 0 spiro atoms. The predicted octanol–water partition coefficient (Wildman–Crippen LogP) is -6.39. The van der Waals surface area contributed by atoms with Gasteiger partial charge in [-0.2, -0.15) is 0 Å². The minimum Gasteiger partial charge on any atom is -0.504 e. The number of amides is 3. The number of benzene rings is 1. The molecule has 1 fully saturated rings. The zero-order valence-corrected chi connectivity index (χ0v) is 13.9. The van der Waals surface area contributed by atoms with Crippen molar-refractivity contribution in [3.8, 4) is 17.2 Å². The number of anilines is 1. The second kappa shape index (κ2) is 5.21. The molecule has 3 rings (SSSR count). The lowest BCUT2D eigenvalue weighted by Gasteiger charge is -2.52. The van der Waals surface area contributed by atoms with Crippen LogP contribution in [0.4, 0.5) is 5.69 Å². The SMILES string of the molecule is Nc1c(O)c(O)c(O)c2c1C(N)(O)N(C1(O)C(=O)NC(=O)C(O)(O)C1(O)O)C2=O. The summed E-state index contributed by atoms with van der Waals surface area (Å²) in [5.41, 5.74) is 3.32. The Morgan fingerprint density at radius 1 is 0.828 bits per heavy atom. The van der Waals surface area contributed by atoms with Gasteiger partial charge in [0.05, 0.1) is 16.8 Å². The van der Waals surface area contributed by atoms with Crippen LogP contribution in [0.1, 0.15) is 15.9 Å². The van der Waals surface area contributed by atoms with E-state index in [0.717, 1.165) is 5.32 Å². The maximum absolute atomic E-state index is 12.7. The van der Waals surface area contributed by atoms with Crippen molar-refractivity contribution in [2.45, 2.75) is 23.1 Å². The number of nitrogen functional groups attached to an aromatic ring is 1. The van der Waals surface area contributed by atoms with Crippen LogP contribution in [0.5, 0.6) is 17.2 Å². The van der Waals surface area contributed by atoms with Crippen LogP contribution in [0.15, 0.2) is 0 Å². The smallest absolute Gasteiger partial charge is 0.306 e. The van der Waals surface area contributed by atoms with Crippen LogP contribution in [0.3, 0.4) is 0 Å². The number of carbonyl (C=O) groups is 3. The number of carbonyl (C=O) groups excluding carboxylic acids is 3. The lowest BCUT2D eigenvalue weighted by Crippen LogP contribution is -2.87. The molecule has 16 heteroatoms. The molecule has 0 aliphatic carbocycles. The van der Waals surface area contributed by atoms with Crippen LogP contribution < -0.4 is 16.8 Å². The van der Waals surface area contributed by atoms with Gasteiger partial charge < -0.3 is 51.7 Å². The third-order valence-corrected chi connectivity index (χ3v) is 4.74. The van der Waals surface area contributed by atoms with E-state index in [-0.39, 0.29) is 0 Å². The van der Waals surface area contributed by atoms with E-state index in [1.165, 1.54) is 0 Å². The molecule has 3 amide bonds. The number of rotatable bonds is 1. The molecule has 1 saturated heterocycles. The third kappa shape index (κ3) is 1.96. The summed E-state index contributed by atoms with van der Waals surface area (Å²) >= 11 is 0. The average Bonchev–Trinajstić information content (AvgIpc) is 2.81. The van der Waals surface area contributed by atoms with Crippen molar-refractivity contribution < 1.29 is 60.3 Å². The van der Waals surface area contributed by atoms with Gasteiger partial charge in [0.15, 0.2) is 11.5 Å². The summed E-state index contributed by atoms with van der Waals surface area (Å²) in [4.78, 5) is 35.8. The minimum absolute atomic E-state index is 0.650. The molecular weight excluding hydrogens is 404 g/mol. The number of fused-ring (bicyclic) bond motifs is 1. The second-order valence-electron chi connectivity index (χ2n) is 6.38. The molecule has 2 aliphatic rings. The molecule has 2 aliphatic heterocycles. The number of nitrogens with two attached hydrogens (primary N) is 2. The monoisotopic (exact) mass is 418 g/mol. The Kier molecular flexibility index (Phi) is 3.68. The van der Waals surface area contributed by atoms with Gasteiger partial charge in [-0.3, -0.25) is 30.3 Å². The van der Waals surface area contributed by atoms with E-state index in [1.54, 1.807) is 0 Å². The van der Waals surface area contributed by atoms with Crippen LogP contribution in [0.2, 0.25) is 0 Å². The zero-order valence-electron chi connectivity index (χ0n) is 13.9. The maximum atomic E-state index is 12.7. The first kappa shape index (κ1) is 20.5. The number of piperidine rings is 1. The Morgan fingerprint density at radius 3 is 1.86 bits per heavy atom. The lowest BCUT2D eigenvalue weighted by atomic mass is 9.86. The highest BCUT2D eigenvalue weighted by atomic mass is 16.6. The summed E-state index contributed by atoms with van der Waals surface area (Å²) in [6.45, 7) is 0. The highest BCUT2D eigenvalue weighted by Gasteiger charge is 2.79. The Balaban J connectivity index is 2.37. The number of nitrogens with zero attached hydrogens (tertiary/aromatic N) is 1. The number of nitrogens with one attached hydrogen (secondary N) is 1. The van der Waals surface area contributed by atoms with Crippen molar-refractivity contribution in [3.63, 3.8) is 0 Å². The molecule has 2 heterocycles. The first-order chi connectivity index (χ1) is 13.0. The van der Waals surface area contributed by atoms with Gasteiger partial charge in [0.1, 0.15) is 0 Å². The fourth-order valence-electron chi connectivity index (χ4n) is 3.19. The van der Waals surface area contributed by atoms with Gasteiger partial charge in [-0.1, -0.05) is 0 Å². The van der Waals surface area contributed by atoms with Crippen LogP contribution in [-0.4, -0.2) is 85.9 Å². The van der Waals surface area contributed by atoms with Crippen molar-refractivity contribution in [1.29, 1.82) is 0 Å². The number of hydrogen-bond donors (Lipinski definition) is 12. The first-order valence-electron chi connectivity index (χ1n) is 7.37. The fraction of sp³-hybridized carbons (Fsp3) is 0.308. The van der Waals surface area contributed by atoms with Gasteiger partial charge in [0.25, 0.3) is 29.2 Å². The van der Waals surface area contributed by atoms with Crippen molar-refractivity contribution in [2.75, 3.05) is 5.73 Å². The number of phenols is 3. The number of aromatic hydroxyl groups is 3. The van der Waals surface area contributed by atoms with Gasteiger partial charge in [0, 0.05) is 0 Å². The lowest BCUT2D eigenvalue weighted by molar-refractivity contribution is -0.419. The molecule has 14 N–H and O–H groups in total. The number of phenolic OH excluding ortho intramolecular Hbond substituents is 3. The molecule has 158 valence electrons. The molecule has 2 atom stereocenters. The van der Waals surface area contributed by atoms with Crippen LogP contribution in [0, 0.1) is 0 Å². The molecule has 0 bridgehead atoms. The van der Waals surface area contributed by atoms with Crippen molar-refractivity contribution >= 4 is 23.4 Å². The molecule has 29 heavy (non-hydrogen) atoms. The highest BCUT2D eigenvalue weighted by Crippen LogP contribution is 2.54. The van der Waals surface area contributed by atoms with Crippen LogP contribution >= 0.6 is 0 Å². The molecule has 2 unspecified atom stereocenters. The van der Waals surface area contributed by atoms with Crippen molar-refractivity contribution in [1.82, 2.24) is 10.2 Å². The highest BCUT2D eigenvalue weighted by molar-refractivity contribution is 6.12. The van der Waals surface area contributed by atoms with E-state index in [9.17, 15) is 60.3 Å².